The lowest BCUT2D eigenvalue weighted by Gasteiger charge is -2.02. The second kappa shape index (κ2) is 5.37. The lowest BCUT2D eigenvalue weighted by Crippen LogP contribution is -2.00. The number of fused-ring (bicyclic) bond motifs is 1. The normalized spacial score (nSPS) is 10.9. The summed E-state index contributed by atoms with van der Waals surface area (Å²) < 4.78 is 1.97. The number of benzene rings is 2. The molecule has 4 rings (SSSR count). The van der Waals surface area contributed by atoms with Gasteiger partial charge in [-0.2, -0.15) is 0 Å². The number of hydrogen-bond acceptors (Lipinski definition) is 3. The van der Waals surface area contributed by atoms with Crippen molar-refractivity contribution in [2.75, 3.05) is 5.32 Å². The van der Waals surface area contributed by atoms with Gasteiger partial charge in [-0.25, -0.2) is 9.97 Å². The van der Waals surface area contributed by atoms with Crippen molar-refractivity contribution in [1.29, 1.82) is 0 Å². The third-order valence-electron chi connectivity index (χ3n) is 3.55. The number of aromatic nitrogens is 4. The van der Waals surface area contributed by atoms with Gasteiger partial charge in [0.25, 0.3) is 0 Å². The first-order chi connectivity index (χ1) is 10.9. The maximum atomic E-state index is 4.65. The third kappa shape index (κ3) is 2.44. The molecule has 0 atom stereocenters. The number of hydrogen-bond donors (Lipinski definition) is 2. The van der Waals surface area contributed by atoms with E-state index in [9.17, 15) is 0 Å². The number of nitrogens with zero attached hydrogens (tertiary/aromatic N) is 3. The summed E-state index contributed by atoms with van der Waals surface area (Å²) in [4.78, 5) is 12.1. The minimum atomic E-state index is 0.666. The Morgan fingerprint density at radius 1 is 1.09 bits per heavy atom. The number of imidazole rings is 2. The van der Waals surface area contributed by atoms with Gasteiger partial charge in [0.15, 0.2) is 0 Å². The van der Waals surface area contributed by atoms with Gasteiger partial charge in [0.1, 0.15) is 5.82 Å². The third-order valence-corrected chi connectivity index (χ3v) is 3.55. The quantitative estimate of drug-likeness (QED) is 0.605. The summed E-state index contributed by atoms with van der Waals surface area (Å²) >= 11 is 0. The second-order valence-electron chi connectivity index (χ2n) is 5.07. The van der Waals surface area contributed by atoms with Crippen molar-refractivity contribution in [2.24, 2.45) is 0 Å². The SMILES string of the molecule is c1ccc(NCc2nc3cc(-n4ccnc4)ccc3[nH]2)cc1. The van der Waals surface area contributed by atoms with E-state index in [0.29, 0.717) is 6.54 Å². The number of rotatable bonds is 4. The van der Waals surface area contributed by atoms with Gasteiger partial charge in [0.05, 0.1) is 23.9 Å². The Labute approximate surface area is 127 Å². The summed E-state index contributed by atoms with van der Waals surface area (Å²) in [6.07, 6.45) is 5.47. The maximum Gasteiger partial charge on any atom is 0.126 e. The van der Waals surface area contributed by atoms with E-state index >= 15 is 0 Å². The summed E-state index contributed by atoms with van der Waals surface area (Å²) in [5, 5.41) is 3.36. The van der Waals surface area contributed by atoms with E-state index in [1.165, 1.54) is 0 Å². The van der Waals surface area contributed by atoms with E-state index in [1.54, 1.807) is 12.5 Å². The summed E-state index contributed by atoms with van der Waals surface area (Å²) in [5.74, 6) is 0.918. The van der Waals surface area contributed by atoms with Crippen LogP contribution in [0, 0.1) is 0 Å². The van der Waals surface area contributed by atoms with Crippen molar-refractivity contribution < 1.29 is 0 Å². The molecule has 5 heteroatoms. The highest BCUT2D eigenvalue weighted by Gasteiger charge is 2.04. The van der Waals surface area contributed by atoms with Gasteiger partial charge in [-0.05, 0) is 30.3 Å². The Morgan fingerprint density at radius 3 is 2.82 bits per heavy atom. The first-order valence-electron chi connectivity index (χ1n) is 7.14. The molecule has 0 aliphatic rings. The lowest BCUT2D eigenvalue weighted by molar-refractivity contribution is 1.01. The standard InChI is InChI=1S/C17H15N5/c1-2-4-13(5-3-1)19-11-17-20-15-7-6-14(10-16(15)21-17)22-9-8-18-12-22/h1-10,12,19H,11H2,(H,20,21). The molecule has 22 heavy (non-hydrogen) atoms. The highest BCUT2D eigenvalue weighted by atomic mass is 15.0. The second-order valence-corrected chi connectivity index (χ2v) is 5.07. The van der Waals surface area contributed by atoms with E-state index < -0.39 is 0 Å². The molecular formula is C17H15N5. The fourth-order valence-electron chi connectivity index (χ4n) is 2.44. The summed E-state index contributed by atoms with van der Waals surface area (Å²) in [5.41, 5.74) is 4.13. The van der Waals surface area contributed by atoms with Crippen LogP contribution in [0.3, 0.4) is 0 Å². The Hall–Kier alpha value is -3.08. The molecule has 108 valence electrons. The molecule has 2 N–H and O–H groups in total. The number of H-pyrrole nitrogens is 1. The van der Waals surface area contributed by atoms with Gasteiger partial charge in [-0.15, -0.1) is 0 Å². The maximum absolute atomic E-state index is 4.65. The molecule has 4 aromatic rings. The molecule has 2 aromatic heterocycles. The van der Waals surface area contributed by atoms with Crippen LogP contribution < -0.4 is 5.32 Å². The monoisotopic (exact) mass is 289 g/mol. The van der Waals surface area contributed by atoms with Crippen LogP contribution in [0.15, 0.2) is 67.3 Å². The molecule has 0 saturated heterocycles. The molecule has 0 spiro atoms. The fourth-order valence-corrected chi connectivity index (χ4v) is 2.44. The molecule has 0 saturated carbocycles. The van der Waals surface area contributed by atoms with E-state index in [0.717, 1.165) is 28.2 Å². The fraction of sp³-hybridized carbons (Fsp3) is 0.0588. The Morgan fingerprint density at radius 2 is 2.00 bits per heavy atom. The van der Waals surface area contributed by atoms with E-state index in [2.05, 4.69) is 32.4 Å². The number of para-hydroxylation sites is 1. The molecule has 0 aliphatic heterocycles. The zero-order valence-corrected chi connectivity index (χ0v) is 11.9. The topological polar surface area (TPSA) is 58.5 Å². The van der Waals surface area contributed by atoms with Gasteiger partial charge in [-0.1, -0.05) is 18.2 Å². The molecule has 0 amide bonds. The predicted octanol–water partition coefficient (Wildman–Crippen LogP) is 3.36. The average molecular weight is 289 g/mol. The Bertz CT molecular complexity index is 878. The first kappa shape index (κ1) is 12.6. The van der Waals surface area contributed by atoms with Crippen LogP contribution in [0.2, 0.25) is 0 Å². The lowest BCUT2D eigenvalue weighted by atomic mass is 10.3. The van der Waals surface area contributed by atoms with Crippen molar-refractivity contribution in [1.82, 2.24) is 19.5 Å². The first-order valence-corrected chi connectivity index (χ1v) is 7.14. The van der Waals surface area contributed by atoms with Gasteiger partial charge in [-0.3, -0.25) is 0 Å². The molecular weight excluding hydrogens is 274 g/mol. The van der Waals surface area contributed by atoms with Crippen molar-refractivity contribution >= 4 is 16.7 Å². The van der Waals surface area contributed by atoms with Crippen LogP contribution in [0.5, 0.6) is 0 Å². The molecule has 2 aromatic carbocycles. The summed E-state index contributed by atoms with van der Waals surface area (Å²) in [6.45, 7) is 0.666. The zero-order valence-electron chi connectivity index (χ0n) is 11.9. The zero-order chi connectivity index (χ0) is 14.8. The Kier molecular flexibility index (Phi) is 3.08. The van der Waals surface area contributed by atoms with Crippen LogP contribution in [-0.4, -0.2) is 19.5 Å². The van der Waals surface area contributed by atoms with Crippen LogP contribution >= 0.6 is 0 Å². The summed E-state index contributed by atoms with van der Waals surface area (Å²) in [6, 6.07) is 16.3. The van der Waals surface area contributed by atoms with E-state index in [1.807, 2.05) is 47.2 Å². The Balaban J connectivity index is 1.58. The van der Waals surface area contributed by atoms with Crippen molar-refractivity contribution in [3.63, 3.8) is 0 Å². The predicted molar refractivity (Wildman–Crippen MR) is 87.0 cm³/mol. The molecule has 5 nitrogen and oxygen atoms in total. The van der Waals surface area contributed by atoms with Crippen LogP contribution in [0.25, 0.3) is 16.7 Å². The van der Waals surface area contributed by atoms with Crippen molar-refractivity contribution in [3.05, 3.63) is 73.1 Å². The largest absolute Gasteiger partial charge is 0.378 e. The number of aromatic amines is 1. The van der Waals surface area contributed by atoms with Crippen LogP contribution in [-0.2, 0) is 6.54 Å². The molecule has 0 unspecified atom stereocenters. The molecule has 0 fully saturated rings. The van der Waals surface area contributed by atoms with Gasteiger partial charge >= 0.3 is 0 Å². The minimum Gasteiger partial charge on any atom is -0.378 e. The highest BCUT2D eigenvalue weighted by molar-refractivity contribution is 5.77. The smallest absolute Gasteiger partial charge is 0.126 e. The summed E-state index contributed by atoms with van der Waals surface area (Å²) in [7, 11) is 0. The van der Waals surface area contributed by atoms with Gasteiger partial charge < -0.3 is 14.9 Å². The van der Waals surface area contributed by atoms with Gasteiger partial charge in [0.2, 0.25) is 0 Å². The highest BCUT2D eigenvalue weighted by Crippen LogP contribution is 2.17. The number of nitrogens with one attached hydrogen (secondary N) is 2. The van der Waals surface area contributed by atoms with E-state index in [4.69, 9.17) is 0 Å². The molecule has 0 aliphatic carbocycles. The number of anilines is 1. The van der Waals surface area contributed by atoms with Crippen LogP contribution in [0.4, 0.5) is 5.69 Å². The van der Waals surface area contributed by atoms with Crippen molar-refractivity contribution in [3.8, 4) is 5.69 Å². The van der Waals surface area contributed by atoms with E-state index in [-0.39, 0.29) is 0 Å². The van der Waals surface area contributed by atoms with Crippen molar-refractivity contribution in [2.45, 2.75) is 6.54 Å². The van der Waals surface area contributed by atoms with Gasteiger partial charge in [0, 0.05) is 23.8 Å². The average Bonchev–Trinajstić information content (AvgIpc) is 3.22. The molecule has 0 bridgehead atoms. The minimum absolute atomic E-state index is 0.666. The molecule has 0 radical (unpaired) electrons. The van der Waals surface area contributed by atoms with Crippen LogP contribution in [0.1, 0.15) is 5.82 Å². The molecule has 2 heterocycles.